The summed E-state index contributed by atoms with van der Waals surface area (Å²) in [6.07, 6.45) is 4.97. The van der Waals surface area contributed by atoms with E-state index >= 15 is 0 Å². The van der Waals surface area contributed by atoms with Crippen molar-refractivity contribution in [1.82, 2.24) is 8.96 Å². The van der Waals surface area contributed by atoms with Gasteiger partial charge >= 0.3 is 0 Å². The molecule has 0 aliphatic carbocycles. The van der Waals surface area contributed by atoms with Gasteiger partial charge in [0, 0.05) is 17.8 Å². The second-order valence-corrected chi connectivity index (χ2v) is 13.3. The van der Waals surface area contributed by atoms with Crippen LogP contribution in [0.2, 0.25) is 0 Å². The number of pyridine rings is 1. The number of aromatic nitrogens is 2. The van der Waals surface area contributed by atoms with Crippen LogP contribution < -0.4 is 0 Å². The predicted molar refractivity (Wildman–Crippen MR) is 130 cm³/mol. The van der Waals surface area contributed by atoms with Crippen molar-refractivity contribution >= 4 is 36.6 Å². The number of oxime groups is 1. The highest BCUT2D eigenvalue weighted by Crippen LogP contribution is 2.34. The summed E-state index contributed by atoms with van der Waals surface area (Å²) in [5.74, 6) is 0.463. The largest absolute Gasteiger partial charge is 0.392 e. The number of rotatable bonds is 5. The molecule has 8 nitrogen and oxygen atoms in total. The Bertz CT molecular complexity index is 1460. The third-order valence-electron chi connectivity index (χ3n) is 6.84. The van der Waals surface area contributed by atoms with Crippen LogP contribution in [-0.2, 0) is 31.1 Å². The van der Waals surface area contributed by atoms with E-state index < -0.39 is 19.9 Å². The van der Waals surface area contributed by atoms with Crippen LogP contribution in [0.25, 0.3) is 11.0 Å². The van der Waals surface area contributed by atoms with Crippen LogP contribution in [-0.4, -0.2) is 49.1 Å². The van der Waals surface area contributed by atoms with Gasteiger partial charge in [0.25, 0.3) is 10.0 Å². The smallest absolute Gasteiger partial charge is 0.269 e. The Morgan fingerprint density at radius 2 is 1.85 bits per heavy atom. The molecule has 2 aliphatic rings. The van der Waals surface area contributed by atoms with E-state index in [4.69, 9.17) is 4.84 Å². The van der Waals surface area contributed by atoms with Gasteiger partial charge in [0.1, 0.15) is 15.9 Å². The van der Waals surface area contributed by atoms with E-state index in [0.717, 1.165) is 22.2 Å². The fourth-order valence-electron chi connectivity index (χ4n) is 4.97. The predicted octanol–water partition coefficient (Wildman–Crippen LogP) is 3.52. The Morgan fingerprint density at radius 3 is 2.50 bits per heavy atom. The zero-order chi connectivity index (χ0) is 24.1. The highest BCUT2D eigenvalue weighted by Gasteiger charge is 2.32. The quantitative estimate of drug-likeness (QED) is 0.529. The molecule has 1 aromatic carbocycles. The number of hydrogen-bond donors (Lipinski definition) is 0. The fourth-order valence-corrected chi connectivity index (χ4v) is 7.93. The Labute approximate surface area is 199 Å². The van der Waals surface area contributed by atoms with Crippen molar-refractivity contribution in [2.75, 3.05) is 11.5 Å². The van der Waals surface area contributed by atoms with Gasteiger partial charge in [-0.25, -0.2) is 25.8 Å². The maximum Gasteiger partial charge on any atom is 0.269 e. The van der Waals surface area contributed by atoms with E-state index in [2.05, 4.69) is 10.1 Å². The molecule has 180 valence electrons. The van der Waals surface area contributed by atoms with Gasteiger partial charge < -0.3 is 4.84 Å². The average molecular weight is 502 g/mol. The normalized spacial score (nSPS) is 23.1. The third-order valence-corrected chi connectivity index (χ3v) is 10.2. The molecule has 2 aromatic heterocycles. The molecule has 1 saturated heterocycles. The molecular formula is C24H27N3O5S2. The first-order chi connectivity index (χ1) is 16.2. The van der Waals surface area contributed by atoms with Gasteiger partial charge in [-0.2, -0.15) is 0 Å². The van der Waals surface area contributed by atoms with Crippen LogP contribution in [0.4, 0.5) is 0 Å². The maximum atomic E-state index is 13.5. The molecule has 0 bridgehead atoms. The molecule has 34 heavy (non-hydrogen) atoms. The van der Waals surface area contributed by atoms with E-state index in [1.165, 1.54) is 3.97 Å². The summed E-state index contributed by atoms with van der Waals surface area (Å²) in [7, 11) is -6.82. The van der Waals surface area contributed by atoms with Crippen molar-refractivity contribution in [2.24, 2.45) is 11.1 Å². The lowest BCUT2D eigenvalue weighted by molar-refractivity contribution is 0.0904. The Kier molecular flexibility index (Phi) is 5.76. The summed E-state index contributed by atoms with van der Waals surface area (Å²) in [6.45, 7) is 3.86. The van der Waals surface area contributed by atoms with Gasteiger partial charge in [0.05, 0.1) is 28.0 Å². The lowest BCUT2D eigenvalue weighted by Gasteiger charge is -2.21. The Morgan fingerprint density at radius 1 is 1.15 bits per heavy atom. The highest BCUT2D eigenvalue weighted by molar-refractivity contribution is 7.91. The van der Waals surface area contributed by atoms with Gasteiger partial charge in [-0.3, -0.25) is 0 Å². The molecule has 0 amide bonds. The molecule has 5 rings (SSSR count). The number of sulfone groups is 1. The van der Waals surface area contributed by atoms with E-state index in [-0.39, 0.29) is 34.3 Å². The summed E-state index contributed by atoms with van der Waals surface area (Å²) in [5, 5.41) is 4.86. The number of benzene rings is 1. The van der Waals surface area contributed by atoms with Crippen molar-refractivity contribution in [3.63, 3.8) is 0 Å². The van der Waals surface area contributed by atoms with Crippen LogP contribution in [0.1, 0.15) is 43.7 Å². The van der Waals surface area contributed by atoms with Crippen LogP contribution in [0.3, 0.4) is 0 Å². The van der Waals surface area contributed by atoms with E-state index in [1.54, 1.807) is 42.7 Å². The van der Waals surface area contributed by atoms with Crippen molar-refractivity contribution in [1.29, 1.82) is 0 Å². The van der Waals surface area contributed by atoms with Gasteiger partial charge in [0.2, 0.25) is 0 Å². The van der Waals surface area contributed by atoms with Crippen LogP contribution in [0.5, 0.6) is 0 Å². The van der Waals surface area contributed by atoms with E-state index in [1.807, 2.05) is 19.9 Å². The lowest BCUT2D eigenvalue weighted by Crippen LogP contribution is -2.24. The molecule has 10 heteroatoms. The van der Waals surface area contributed by atoms with Crippen molar-refractivity contribution in [3.05, 3.63) is 59.9 Å². The summed E-state index contributed by atoms with van der Waals surface area (Å²) >= 11 is 0. The standard InChI is InChI=1S/C24H27N3O5S2/c1-16-23(17(2)32-26-16)19-13-22-20(12-18-8-10-33(28,29)11-9-18)15-27(24(22)25-14-19)34(30,31)21-6-4-3-5-7-21/h3-7,13-15,17-18,23H,8-12H2,1-2H3. The minimum absolute atomic E-state index is 0.0568. The number of hydrogen-bond acceptors (Lipinski definition) is 7. The van der Waals surface area contributed by atoms with Gasteiger partial charge in [-0.15, -0.1) is 0 Å². The number of nitrogens with zero attached hydrogens (tertiary/aromatic N) is 3. The first kappa shape index (κ1) is 23.0. The molecule has 3 aromatic rings. The minimum Gasteiger partial charge on any atom is -0.392 e. The first-order valence-electron chi connectivity index (χ1n) is 11.4. The fraction of sp³-hybridized carbons (Fsp3) is 0.417. The molecule has 0 spiro atoms. The van der Waals surface area contributed by atoms with Crippen LogP contribution in [0.15, 0.2) is 58.8 Å². The first-order valence-corrected chi connectivity index (χ1v) is 14.6. The summed E-state index contributed by atoms with van der Waals surface area (Å²) in [6, 6.07) is 10.3. The Hall–Kier alpha value is -2.72. The summed E-state index contributed by atoms with van der Waals surface area (Å²) in [5.41, 5.74) is 2.99. The summed E-state index contributed by atoms with van der Waals surface area (Å²) in [4.78, 5) is 10.2. The van der Waals surface area contributed by atoms with Crippen LogP contribution >= 0.6 is 0 Å². The highest BCUT2D eigenvalue weighted by atomic mass is 32.2. The molecule has 0 N–H and O–H groups in total. The molecule has 2 atom stereocenters. The molecule has 2 aliphatic heterocycles. The van der Waals surface area contributed by atoms with Gasteiger partial charge in [-0.05, 0) is 68.4 Å². The van der Waals surface area contributed by atoms with Crippen molar-refractivity contribution < 1.29 is 21.7 Å². The second-order valence-electron chi connectivity index (χ2n) is 9.23. The number of fused-ring (bicyclic) bond motifs is 1. The second kappa shape index (κ2) is 8.49. The molecule has 0 saturated carbocycles. The SMILES string of the molecule is CC1=NOC(C)C1c1cnc2c(c1)c(CC1CCS(=O)(=O)CC1)cn2S(=O)(=O)c1ccccc1. The maximum absolute atomic E-state index is 13.5. The third kappa shape index (κ3) is 4.13. The monoisotopic (exact) mass is 501 g/mol. The summed E-state index contributed by atoms with van der Waals surface area (Å²) < 4.78 is 52.0. The molecule has 0 radical (unpaired) electrons. The zero-order valence-corrected chi connectivity index (χ0v) is 20.7. The van der Waals surface area contributed by atoms with E-state index in [9.17, 15) is 16.8 Å². The van der Waals surface area contributed by atoms with E-state index in [0.29, 0.717) is 24.9 Å². The average Bonchev–Trinajstić information content (AvgIpc) is 3.35. The molecule has 1 fully saturated rings. The van der Waals surface area contributed by atoms with Gasteiger partial charge in [0.15, 0.2) is 5.65 Å². The molecule has 4 heterocycles. The minimum atomic E-state index is -3.85. The topological polar surface area (TPSA) is 108 Å². The zero-order valence-electron chi connectivity index (χ0n) is 19.1. The van der Waals surface area contributed by atoms with Gasteiger partial charge in [-0.1, -0.05) is 23.4 Å². The molecule has 2 unspecified atom stereocenters. The Balaban J connectivity index is 1.61. The van der Waals surface area contributed by atoms with Crippen molar-refractivity contribution in [2.45, 2.75) is 50.0 Å². The lowest BCUT2D eigenvalue weighted by atomic mass is 9.90. The van der Waals surface area contributed by atoms with Crippen LogP contribution in [0, 0.1) is 5.92 Å². The van der Waals surface area contributed by atoms with Crippen molar-refractivity contribution in [3.8, 4) is 0 Å². The molecular weight excluding hydrogens is 474 g/mol.